The van der Waals surface area contributed by atoms with Gasteiger partial charge in [-0.1, -0.05) is 58.4 Å². The lowest BCUT2D eigenvalue weighted by molar-refractivity contribution is -0.131. The predicted octanol–water partition coefficient (Wildman–Crippen LogP) is 4.29. The van der Waals surface area contributed by atoms with Crippen LogP contribution in [0.1, 0.15) is 0 Å². The van der Waals surface area contributed by atoms with Gasteiger partial charge in [-0.05, 0) is 33.7 Å². The average Bonchev–Trinajstić information content (AvgIpc) is 2.47. The predicted molar refractivity (Wildman–Crippen MR) is 80.9 cm³/mol. The molecule has 0 aliphatic rings. The fourth-order valence-electron chi connectivity index (χ4n) is 2.20. The molecule has 0 atom stereocenters. The molecule has 0 radical (unpaired) electrons. The molecule has 0 aliphatic heterocycles. The van der Waals surface area contributed by atoms with Crippen LogP contribution in [0.25, 0.3) is 21.5 Å². The Morgan fingerprint density at radius 1 is 0.947 bits per heavy atom. The topological polar surface area (TPSA) is 26.3 Å². The number of halogens is 1. The molecule has 0 N–H and O–H groups in total. The Bertz CT molecular complexity index is 765. The number of benzene rings is 3. The minimum Gasteiger partial charge on any atom is -0.426 e. The summed E-state index contributed by atoms with van der Waals surface area (Å²) < 4.78 is 5.23. The molecule has 0 fully saturated rings. The minimum atomic E-state index is -0.292. The fraction of sp³-hybridized carbons (Fsp3) is 0.0625. The Morgan fingerprint density at radius 3 is 2.42 bits per heavy atom. The molecular formula is C16H11BrO2. The van der Waals surface area contributed by atoms with Crippen molar-refractivity contribution < 1.29 is 9.53 Å². The zero-order valence-corrected chi connectivity index (χ0v) is 11.7. The van der Waals surface area contributed by atoms with Gasteiger partial charge < -0.3 is 4.74 Å². The number of rotatable bonds is 2. The van der Waals surface area contributed by atoms with Crippen LogP contribution < -0.4 is 4.74 Å². The van der Waals surface area contributed by atoms with Crippen LogP contribution in [0.4, 0.5) is 0 Å². The van der Waals surface area contributed by atoms with E-state index in [1.54, 1.807) is 0 Å². The van der Waals surface area contributed by atoms with Gasteiger partial charge in [-0.2, -0.15) is 0 Å². The third-order valence-corrected chi connectivity index (χ3v) is 3.52. The first-order chi connectivity index (χ1) is 9.28. The molecule has 0 amide bonds. The lowest BCUT2D eigenvalue weighted by Crippen LogP contribution is -2.08. The van der Waals surface area contributed by atoms with Gasteiger partial charge in [0.25, 0.3) is 0 Å². The average molecular weight is 315 g/mol. The van der Waals surface area contributed by atoms with Gasteiger partial charge in [0, 0.05) is 0 Å². The second-order valence-corrected chi connectivity index (χ2v) is 4.84. The first-order valence-electron chi connectivity index (χ1n) is 5.96. The maximum absolute atomic E-state index is 11.3. The molecule has 3 rings (SSSR count). The molecule has 0 bridgehead atoms. The number of carbonyl (C=O) groups is 1. The van der Waals surface area contributed by atoms with Crippen molar-refractivity contribution in [2.45, 2.75) is 0 Å². The third kappa shape index (κ3) is 2.34. The van der Waals surface area contributed by atoms with Gasteiger partial charge in [0.2, 0.25) is 0 Å². The Hall–Kier alpha value is -1.87. The van der Waals surface area contributed by atoms with Crippen LogP contribution in [0.15, 0.2) is 54.6 Å². The second-order valence-electron chi connectivity index (χ2n) is 4.28. The Labute approximate surface area is 119 Å². The molecule has 0 unspecified atom stereocenters. The number of ether oxygens (including phenoxy) is 1. The molecular weight excluding hydrogens is 304 g/mol. The Kier molecular flexibility index (Phi) is 3.22. The first-order valence-corrected chi connectivity index (χ1v) is 7.08. The summed E-state index contributed by atoms with van der Waals surface area (Å²) in [5, 5.41) is 4.77. The van der Waals surface area contributed by atoms with Crippen LogP contribution in [-0.4, -0.2) is 11.3 Å². The highest BCUT2D eigenvalue weighted by molar-refractivity contribution is 9.09. The van der Waals surface area contributed by atoms with Crippen LogP contribution in [0.3, 0.4) is 0 Å². The van der Waals surface area contributed by atoms with Gasteiger partial charge in [-0.25, -0.2) is 0 Å². The van der Waals surface area contributed by atoms with E-state index >= 15 is 0 Å². The van der Waals surface area contributed by atoms with Crippen molar-refractivity contribution in [2.24, 2.45) is 0 Å². The maximum Gasteiger partial charge on any atom is 0.321 e. The number of esters is 1. The van der Waals surface area contributed by atoms with Crippen LogP contribution in [0.5, 0.6) is 5.75 Å². The van der Waals surface area contributed by atoms with Crippen molar-refractivity contribution >= 4 is 43.4 Å². The largest absolute Gasteiger partial charge is 0.426 e. The minimum absolute atomic E-state index is 0.195. The summed E-state index contributed by atoms with van der Waals surface area (Å²) in [5.74, 6) is 0.285. The van der Waals surface area contributed by atoms with E-state index in [-0.39, 0.29) is 11.3 Å². The van der Waals surface area contributed by atoms with Crippen molar-refractivity contribution in [2.75, 3.05) is 5.33 Å². The van der Waals surface area contributed by atoms with E-state index in [2.05, 4.69) is 40.2 Å². The van der Waals surface area contributed by atoms with E-state index in [1.807, 2.05) is 30.3 Å². The van der Waals surface area contributed by atoms with Gasteiger partial charge in [0.15, 0.2) is 0 Å². The molecule has 2 nitrogen and oxygen atoms in total. The van der Waals surface area contributed by atoms with Gasteiger partial charge in [-0.3, -0.25) is 4.79 Å². The molecule has 19 heavy (non-hydrogen) atoms. The number of fused-ring (bicyclic) bond motifs is 3. The van der Waals surface area contributed by atoms with Crippen LogP contribution >= 0.6 is 15.9 Å². The lowest BCUT2D eigenvalue weighted by Gasteiger charge is -2.07. The molecule has 0 saturated heterocycles. The first kappa shape index (κ1) is 12.2. The molecule has 0 aliphatic carbocycles. The van der Waals surface area contributed by atoms with E-state index in [4.69, 9.17) is 4.74 Å². The second kappa shape index (κ2) is 5.02. The molecule has 3 aromatic carbocycles. The molecule has 3 heteroatoms. The Balaban J connectivity index is 2.19. The smallest absolute Gasteiger partial charge is 0.321 e. The summed E-state index contributed by atoms with van der Waals surface area (Å²) in [6.07, 6.45) is 0. The van der Waals surface area contributed by atoms with E-state index in [9.17, 15) is 4.79 Å². The summed E-state index contributed by atoms with van der Waals surface area (Å²) >= 11 is 3.09. The van der Waals surface area contributed by atoms with Crippen LogP contribution in [-0.2, 0) is 4.79 Å². The molecule has 0 spiro atoms. The number of hydrogen-bond acceptors (Lipinski definition) is 2. The van der Waals surface area contributed by atoms with Gasteiger partial charge >= 0.3 is 5.97 Å². The highest BCUT2D eigenvalue weighted by Crippen LogP contribution is 2.28. The van der Waals surface area contributed by atoms with Gasteiger partial charge in [-0.15, -0.1) is 0 Å². The standard InChI is InChI=1S/C16H11BrO2/c17-10-16(18)19-13-8-7-12-6-5-11-3-1-2-4-14(11)15(12)9-13/h1-9H,10H2. The molecule has 0 saturated carbocycles. The number of carbonyl (C=O) groups excluding carboxylic acids is 1. The monoisotopic (exact) mass is 314 g/mol. The normalized spacial score (nSPS) is 10.8. The quantitative estimate of drug-likeness (QED) is 0.305. The maximum atomic E-state index is 11.3. The summed E-state index contributed by atoms with van der Waals surface area (Å²) in [7, 11) is 0. The molecule has 0 aromatic heterocycles. The third-order valence-electron chi connectivity index (χ3n) is 3.06. The van der Waals surface area contributed by atoms with E-state index in [0.29, 0.717) is 5.75 Å². The summed E-state index contributed by atoms with van der Waals surface area (Å²) in [4.78, 5) is 11.3. The van der Waals surface area contributed by atoms with Crippen molar-refractivity contribution in [1.29, 1.82) is 0 Å². The van der Waals surface area contributed by atoms with Crippen molar-refractivity contribution in [1.82, 2.24) is 0 Å². The molecule has 3 aromatic rings. The van der Waals surface area contributed by atoms with E-state index in [1.165, 1.54) is 5.39 Å². The summed E-state index contributed by atoms with van der Waals surface area (Å²) in [5.41, 5.74) is 0. The molecule has 94 valence electrons. The Morgan fingerprint density at radius 2 is 1.63 bits per heavy atom. The van der Waals surface area contributed by atoms with Crippen molar-refractivity contribution in [3.63, 3.8) is 0 Å². The van der Waals surface area contributed by atoms with E-state index < -0.39 is 0 Å². The van der Waals surface area contributed by atoms with Gasteiger partial charge in [0.1, 0.15) is 11.1 Å². The van der Waals surface area contributed by atoms with Crippen molar-refractivity contribution in [3.05, 3.63) is 54.6 Å². The zero-order chi connectivity index (χ0) is 13.2. The van der Waals surface area contributed by atoms with Crippen LogP contribution in [0, 0.1) is 0 Å². The zero-order valence-electron chi connectivity index (χ0n) is 10.1. The lowest BCUT2D eigenvalue weighted by atomic mass is 10.0. The fourth-order valence-corrected chi connectivity index (χ4v) is 2.32. The summed E-state index contributed by atoms with van der Waals surface area (Å²) in [6.45, 7) is 0. The van der Waals surface area contributed by atoms with Crippen LogP contribution in [0.2, 0.25) is 0 Å². The van der Waals surface area contributed by atoms with E-state index in [0.717, 1.165) is 16.2 Å². The summed E-state index contributed by atoms with van der Waals surface area (Å²) in [6, 6.07) is 18.1. The van der Waals surface area contributed by atoms with Crippen molar-refractivity contribution in [3.8, 4) is 5.75 Å². The van der Waals surface area contributed by atoms with Gasteiger partial charge in [0.05, 0.1) is 0 Å². The number of alkyl halides is 1. The number of hydrogen-bond donors (Lipinski definition) is 0. The highest BCUT2D eigenvalue weighted by Gasteiger charge is 2.05. The molecule has 0 heterocycles. The highest BCUT2D eigenvalue weighted by atomic mass is 79.9. The SMILES string of the molecule is O=C(CBr)Oc1ccc2ccc3ccccc3c2c1.